The van der Waals surface area contributed by atoms with Gasteiger partial charge in [0.1, 0.15) is 11.5 Å². The highest BCUT2D eigenvalue weighted by atomic mass is 35.5. The number of hydrogen-bond acceptors (Lipinski definition) is 5. The van der Waals surface area contributed by atoms with Gasteiger partial charge in [0.2, 0.25) is 0 Å². The van der Waals surface area contributed by atoms with Gasteiger partial charge >= 0.3 is 18.1 Å². The molecule has 0 spiro atoms. The first-order valence-corrected chi connectivity index (χ1v) is 10.0. The van der Waals surface area contributed by atoms with Gasteiger partial charge in [0, 0.05) is 5.56 Å². The standard InChI is InChI=1S/C23H12ClF3N2O6/c24-17-6-4-11(9-15(17)22(33)34)18-7-5-14(35-18)10-16-19(23(25,26)27)28-29(20(16)30)13-3-1-2-12(8-13)21(31)32/h1-10H,(H,31,32)(H,33,34)/b16-10+. The fourth-order valence-electron chi connectivity index (χ4n) is 3.27. The molecule has 0 aliphatic carbocycles. The molecule has 3 aromatic rings. The molecular weight excluding hydrogens is 493 g/mol. The lowest BCUT2D eigenvalue weighted by Gasteiger charge is -2.11. The number of carbonyl (C=O) groups excluding carboxylic acids is 1. The number of hydrogen-bond donors (Lipinski definition) is 2. The van der Waals surface area contributed by atoms with Crippen molar-refractivity contribution in [3.63, 3.8) is 0 Å². The Morgan fingerprint density at radius 3 is 2.43 bits per heavy atom. The molecule has 0 fully saturated rings. The van der Waals surface area contributed by atoms with Crippen molar-refractivity contribution in [2.24, 2.45) is 5.10 Å². The highest BCUT2D eigenvalue weighted by Gasteiger charge is 2.47. The summed E-state index contributed by atoms with van der Waals surface area (Å²) in [6, 6.07) is 11.5. The van der Waals surface area contributed by atoms with Crippen molar-refractivity contribution < 1.29 is 42.2 Å². The zero-order valence-corrected chi connectivity index (χ0v) is 18.0. The third kappa shape index (κ3) is 4.66. The first kappa shape index (κ1) is 23.8. The Hall–Kier alpha value is -4.38. The summed E-state index contributed by atoms with van der Waals surface area (Å²) >= 11 is 5.85. The Bertz CT molecular complexity index is 1440. The first-order chi connectivity index (χ1) is 16.5. The number of anilines is 1. The second-order valence-corrected chi connectivity index (χ2v) is 7.59. The van der Waals surface area contributed by atoms with Crippen LogP contribution in [-0.4, -0.2) is 39.9 Å². The average molecular weight is 505 g/mol. The van der Waals surface area contributed by atoms with Gasteiger partial charge in [0.05, 0.1) is 27.4 Å². The van der Waals surface area contributed by atoms with Crippen LogP contribution in [0.25, 0.3) is 17.4 Å². The van der Waals surface area contributed by atoms with Crippen LogP contribution in [0.2, 0.25) is 5.02 Å². The van der Waals surface area contributed by atoms with E-state index in [0.717, 1.165) is 12.1 Å². The van der Waals surface area contributed by atoms with E-state index in [1.165, 1.54) is 48.5 Å². The SMILES string of the molecule is O=C(O)c1cccc(N2N=C(C(F)(F)F)/C(=C\c3ccc(-c4ccc(Cl)c(C(=O)O)c4)o3)C2=O)c1. The predicted octanol–water partition coefficient (Wildman–Crippen LogP) is 5.34. The molecule has 0 saturated heterocycles. The number of halogens is 4. The average Bonchev–Trinajstić information content (AvgIpc) is 3.39. The fraction of sp³-hybridized carbons (Fsp3) is 0.0435. The first-order valence-electron chi connectivity index (χ1n) is 9.64. The van der Waals surface area contributed by atoms with E-state index in [9.17, 15) is 32.7 Å². The van der Waals surface area contributed by atoms with Gasteiger partial charge in [0.25, 0.3) is 5.91 Å². The number of carboxylic acids is 2. The van der Waals surface area contributed by atoms with Gasteiger partial charge in [-0.3, -0.25) is 4.79 Å². The predicted molar refractivity (Wildman–Crippen MR) is 118 cm³/mol. The van der Waals surface area contributed by atoms with Crippen LogP contribution in [0.15, 0.2) is 69.7 Å². The normalized spacial score (nSPS) is 15.0. The summed E-state index contributed by atoms with van der Waals surface area (Å²) in [5, 5.41) is 22.2. The van der Waals surface area contributed by atoms with Crippen LogP contribution >= 0.6 is 11.6 Å². The summed E-state index contributed by atoms with van der Waals surface area (Å²) in [4.78, 5) is 35.3. The molecule has 1 aliphatic rings. The van der Waals surface area contributed by atoms with E-state index in [1.807, 2.05) is 0 Å². The van der Waals surface area contributed by atoms with Crippen LogP contribution in [0, 0.1) is 0 Å². The number of furan rings is 1. The minimum absolute atomic E-state index is 0.00945. The number of amides is 1. The Labute approximate surface area is 199 Å². The lowest BCUT2D eigenvalue weighted by Crippen LogP contribution is -2.25. The summed E-state index contributed by atoms with van der Waals surface area (Å²) in [7, 11) is 0. The summed E-state index contributed by atoms with van der Waals surface area (Å²) in [6.45, 7) is 0. The van der Waals surface area contributed by atoms with Crippen LogP contribution < -0.4 is 5.01 Å². The third-order valence-corrected chi connectivity index (χ3v) is 5.21. The topological polar surface area (TPSA) is 120 Å². The van der Waals surface area contributed by atoms with Crippen molar-refractivity contribution in [1.29, 1.82) is 0 Å². The second-order valence-electron chi connectivity index (χ2n) is 7.18. The maximum Gasteiger partial charge on any atom is 0.435 e. The Morgan fingerprint density at radius 2 is 1.77 bits per heavy atom. The van der Waals surface area contributed by atoms with E-state index in [-0.39, 0.29) is 33.4 Å². The summed E-state index contributed by atoms with van der Waals surface area (Å²) in [6.07, 6.45) is -4.14. The van der Waals surface area contributed by atoms with E-state index >= 15 is 0 Å². The van der Waals surface area contributed by atoms with E-state index in [4.69, 9.17) is 21.1 Å². The molecule has 178 valence electrons. The number of benzene rings is 2. The molecule has 12 heteroatoms. The maximum atomic E-state index is 13.7. The van der Waals surface area contributed by atoms with Gasteiger partial charge in [0.15, 0.2) is 5.71 Å². The number of carboxylic acid groups (broad SMARTS) is 2. The molecule has 0 saturated carbocycles. The number of hydrazone groups is 1. The van der Waals surface area contributed by atoms with Crippen LogP contribution in [0.1, 0.15) is 26.5 Å². The monoisotopic (exact) mass is 504 g/mol. The largest absolute Gasteiger partial charge is 0.478 e. The molecular formula is C23H12ClF3N2O6. The van der Waals surface area contributed by atoms with Gasteiger partial charge in [-0.05, 0) is 54.6 Å². The summed E-state index contributed by atoms with van der Waals surface area (Å²) in [5.74, 6) is -3.75. The van der Waals surface area contributed by atoms with Crippen LogP contribution in [-0.2, 0) is 4.79 Å². The molecule has 1 aliphatic heterocycles. The molecule has 35 heavy (non-hydrogen) atoms. The van der Waals surface area contributed by atoms with Crippen molar-refractivity contribution in [2.45, 2.75) is 6.18 Å². The van der Waals surface area contributed by atoms with Crippen LogP contribution in [0.3, 0.4) is 0 Å². The Kier molecular flexibility index (Phi) is 5.95. The molecule has 2 heterocycles. The molecule has 0 radical (unpaired) electrons. The molecule has 2 aromatic carbocycles. The highest BCUT2D eigenvalue weighted by Crippen LogP contribution is 2.34. The second kappa shape index (κ2) is 8.76. The van der Waals surface area contributed by atoms with E-state index in [1.54, 1.807) is 0 Å². The molecule has 2 N–H and O–H groups in total. The third-order valence-electron chi connectivity index (χ3n) is 4.88. The molecule has 8 nitrogen and oxygen atoms in total. The van der Waals surface area contributed by atoms with Crippen molar-refractivity contribution in [2.75, 3.05) is 5.01 Å². The molecule has 1 aromatic heterocycles. The lowest BCUT2D eigenvalue weighted by molar-refractivity contribution is -0.114. The van der Waals surface area contributed by atoms with Crippen molar-refractivity contribution in [1.82, 2.24) is 0 Å². The van der Waals surface area contributed by atoms with Gasteiger partial charge in [-0.1, -0.05) is 17.7 Å². The number of alkyl halides is 3. The molecule has 1 amide bonds. The van der Waals surface area contributed by atoms with Crippen molar-refractivity contribution in [3.8, 4) is 11.3 Å². The van der Waals surface area contributed by atoms with Crippen molar-refractivity contribution >= 4 is 46.9 Å². The zero-order chi connectivity index (χ0) is 25.5. The number of nitrogens with zero attached hydrogens (tertiary/aromatic N) is 2. The lowest BCUT2D eigenvalue weighted by atomic mass is 10.1. The Balaban J connectivity index is 1.72. The molecule has 0 atom stereocenters. The Morgan fingerprint density at radius 1 is 1.03 bits per heavy atom. The maximum absolute atomic E-state index is 13.7. The van der Waals surface area contributed by atoms with Gasteiger partial charge in [-0.2, -0.15) is 23.3 Å². The van der Waals surface area contributed by atoms with Crippen molar-refractivity contribution in [3.05, 3.63) is 82.1 Å². The minimum Gasteiger partial charge on any atom is -0.478 e. The molecule has 4 rings (SSSR count). The van der Waals surface area contributed by atoms with Gasteiger partial charge < -0.3 is 14.6 Å². The summed E-state index contributed by atoms with van der Waals surface area (Å²) < 4.78 is 46.5. The fourth-order valence-corrected chi connectivity index (χ4v) is 3.47. The van der Waals surface area contributed by atoms with E-state index in [2.05, 4.69) is 5.10 Å². The number of aromatic carboxylic acids is 2. The molecule has 0 unspecified atom stereocenters. The highest BCUT2D eigenvalue weighted by molar-refractivity contribution is 6.34. The zero-order valence-electron chi connectivity index (χ0n) is 17.2. The van der Waals surface area contributed by atoms with Gasteiger partial charge in [-0.15, -0.1) is 0 Å². The van der Waals surface area contributed by atoms with Crippen LogP contribution in [0.4, 0.5) is 18.9 Å². The van der Waals surface area contributed by atoms with E-state index in [0.29, 0.717) is 10.6 Å². The molecule has 0 bridgehead atoms. The van der Waals surface area contributed by atoms with Crippen LogP contribution in [0.5, 0.6) is 0 Å². The quantitative estimate of drug-likeness (QED) is 0.452. The number of rotatable bonds is 5. The number of carbonyl (C=O) groups is 3. The minimum atomic E-state index is -5.00. The van der Waals surface area contributed by atoms with E-state index < -0.39 is 35.3 Å². The summed E-state index contributed by atoms with van der Waals surface area (Å²) in [5.41, 5.74) is -2.61. The smallest absolute Gasteiger partial charge is 0.435 e. The van der Waals surface area contributed by atoms with Gasteiger partial charge in [-0.25, -0.2) is 9.59 Å².